The average molecular weight is 428 g/mol. The van der Waals surface area contributed by atoms with Gasteiger partial charge in [-0.3, -0.25) is 5.32 Å². The Morgan fingerprint density at radius 1 is 1.16 bits per heavy atom. The molecule has 0 amide bonds. The van der Waals surface area contributed by atoms with E-state index in [2.05, 4.69) is 103 Å². The highest BCUT2D eigenvalue weighted by Crippen LogP contribution is 2.21. The van der Waals surface area contributed by atoms with E-state index in [0.29, 0.717) is 12.7 Å². The summed E-state index contributed by atoms with van der Waals surface area (Å²) in [5, 5.41) is 12.3. The van der Waals surface area contributed by atoms with Crippen molar-refractivity contribution in [1.82, 2.24) is 25.0 Å². The van der Waals surface area contributed by atoms with Gasteiger partial charge in [0.15, 0.2) is 5.82 Å². The lowest BCUT2D eigenvalue weighted by molar-refractivity contribution is 0.412. The number of nitrogens with one attached hydrogen (secondary N) is 1. The highest BCUT2D eigenvalue weighted by molar-refractivity contribution is 5.61. The van der Waals surface area contributed by atoms with Crippen LogP contribution in [-0.2, 0) is 6.67 Å². The van der Waals surface area contributed by atoms with Crippen LogP contribution in [0.15, 0.2) is 48.4 Å². The second kappa shape index (κ2) is 16.7. The van der Waals surface area contributed by atoms with E-state index < -0.39 is 0 Å². The molecule has 1 aromatic rings. The van der Waals surface area contributed by atoms with Gasteiger partial charge in [0, 0.05) is 12.6 Å². The van der Waals surface area contributed by atoms with E-state index in [1.165, 1.54) is 11.1 Å². The van der Waals surface area contributed by atoms with Gasteiger partial charge in [0.05, 0.1) is 6.67 Å². The summed E-state index contributed by atoms with van der Waals surface area (Å²) in [7, 11) is 4.28. The molecule has 0 aliphatic rings. The van der Waals surface area contributed by atoms with Crippen molar-refractivity contribution in [2.45, 2.75) is 85.4 Å². The van der Waals surface area contributed by atoms with E-state index in [1.807, 2.05) is 6.33 Å². The standard InChI is InChI=1S/C26H45N5/c1-7-11-13-15-23(19-20-30(5)6)17-18-24(16-12-8-2)26-29-28-22-31(26)21-27-25(10-4)14-9-3/h9,11,13-14,16-17,22,25,27H,7-8,10,12,15,18-21H2,1-6H3/b13-11?,14-9-,23-17+,24-16-. The lowest BCUT2D eigenvalue weighted by atomic mass is 10.0. The van der Waals surface area contributed by atoms with Crippen LogP contribution >= 0.6 is 0 Å². The molecule has 1 aromatic heterocycles. The van der Waals surface area contributed by atoms with Gasteiger partial charge in [-0.2, -0.15) is 0 Å². The van der Waals surface area contributed by atoms with Crippen LogP contribution < -0.4 is 5.32 Å². The summed E-state index contributed by atoms with van der Waals surface area (Å²) in [6.45, 7) is 10.5. The summed E-state index contributed by atoms with van der Waals surface area (Å²) in [6, 6.07) is 0.367. The highest BCUT2D eigenvalue weighted by atomic mass is 15.3. The van der Waals surface area contributed by atoms with E-state index in [1.54, 1.807) is 0 Å². The highest BCUT2D eigenvalue weighted by Gasteiger charge is 2.11. The van der Waals surface area contributed by atoms with Crippen LogP contribution in [0.5, 0.6) is 0 Å². The third kappa shape index (κ3) is 11.3. The Bertz CT molecular complexity index is 709. The molecule has 31 heavy (non-hydrogen) atoms. The van der Waals surface area contributed by atoms with Crippen LogP contribution in [-0.4, -0.2) is 46.3 Å². The van der Waals surface area contributed by atoms with Gasteiger partial charge in [0.1, 0.15) is 6.33 Å². The number of unbranched alkanes of at least 4 members (excludes halogenated alkanes) is 1. The maximum absolute atomic E-state index is 4.48. The Morgan fingerprint density at radius 3 is 2.61 bits per heavy atom. The van der Waals surface area contributed by atoms with E-state index in [0.717, 1.165) is 57.3 Å². The fourth-order valence-corrected chi connectivity index (χ4v) is 3.31. The molecule has 5 nitrogen and oxygen atoms in total. The van der Waals surface area contributed by atoms with Crippen LogP contribution in [0.2, 0.25) is 0 Å². The quantitative estimate of drug-likeness (QED) is 0.329. The van der Waals surface area contributed by atoms with Crippen molar-refractivity contribution in [3.05, 3.63) is 54.2 Å². The molecule has 1 rings (SSSR count). The van der Waals surface area contributed by atoms with Gasteiger partial charge in [-0.15, -0.1) is 10.2 Å². The molecule has 1 heterocycles. The smallest absolute Gasteiger partial charge is 0.160 e. The number of aromatic nitrogens is 3. The van der Waals surface area contributed by atoms with Crippen molar-refractivity contribution in [3.8, 4) is 0 Å². The predicted octanol–water partition coefficient (Wildman–Crippen LogP) is 5.99. The number of hydrogen-bond donors (Lipinski definition) is 1. The summed E-state index contributed by atoms with van der Waals surface area (Å²) in [5.74, 6) is 0.976. The predicted molar refractivity (Wildman–Crippen MR) is 135 cm³/mol. The monoisotopic (exact) mass is 427 g/mol. The summed E-state index contributed by atoms with van der Waals surface area (Å²) in [6.07, 6.45) is 22.8. The van der Waals surface area contributed by atoms with Crippen LogP contribution in [0.3, 0.4) is 0 Å². The SMILES string of the molecule is C/C=C\C(CC)NCn1cnnc1/C(=C\CCC)C/C=C(\CC=CCC)CCN(C)C. The maximum Gasteiger partial charge on any atom is 0.160 e. The molecule has 174 valence electrons. The molecule has 0 radical (unpaired) electrons. The first-order valence-electron chi connectivity index (χ1n) is 12.0. The van der Waals surface area contributed by atoms with E-state index >= 15 is 0 Å². The number of allylic oxidation sites excluding steroid dienone is 6. The van der Waals surface area contributed by atoms with Gasteiger partial charge < -0.3 is 9.47 Å². The molecule has 0 saturated carbocycles. The minimum absolute atomic E-state index is 0.367. The van der Waals surface area contributed by atoms with Crippen molar-refractivity contribution in [2.75, 3.05) is 20.6 Å². The summed E-state index contributed by atoms with van der Waals surface area (Å²) in [5.41, 5.74) is 2.76. The fraction of sp³-hybridized carbons (Fsp3) is 0.615. The number of hydrogen-bond acceptors (Lipinski definition) is 4. The summed E-state index contributed by atoms with van der Waals surface area (Å²) in [4.78, 5) is 2.25. The second-order valence-electron chi connectivity index (χ2n) is 8.25. The fourth-order valence-electron chi connectivity index (χ4n) is 3.31. The third-order valence-corrected chi connectivity index (χ3v) is 5.24. The molecule has 0 spiro atoms. The Hall–Kier alpha value is -1.98. The maximum atomic E-state index is 4.48. The second-order valence-corrected chi connectivity index (χ2v) is 8.25. The van der Waals surface area contributed by atoms with Crippen molar-refractivity contribution >= 4 is 5.57 Å². The summed E-state index contributed by atoms with van der Waals surface area (Å²) >= 11 is 0. The van der Waals surface area contributed by atoms with Crippen molar-refractivity contribution < 1.29 is 0 Å². The van der Waals surface area contributed by atoms with Gasteiger partial charge in [0.2, 0.25) is 0 Å². The molecule has 0 aromatic carbocycles. The molecule has 0 bridgehead atoms. The lowest BCUT2D eigenvalue weighted by Gasteiger charge is -2.15. The van der Waals surface area contributed by atoms with Crippen LogP contribution in [0.25, 0.3) is 5.57 Å². The summed E-state index contributed by atoms with van der Waals surface area (Å²) < 4.78 is 2.14. The van der Waals surface area contributed by atoms with Gasteiger partial charge in [0.25, 0.3) is 0 Å². The third-order valence-electron chi connectivity index (χ3n) is 5.24. The zero-order chi connectivity index (χ0) is 22.9. The Kier molecular flexibility index (Phi) is 14.6. The first-order valence-corrected chi connectivity index (χ1v) is 12.0. The van der Waals surface area contributed by atoms with Gasteiger partial charge in [-0.1, -0.05) is 69.2 Å². The molecule has 1 unspecified atom stereocenters. The normalized spacial score (nSPS) is 14.4. The van der Waals surface area contributed by atoms with Gasteiger partial charge in [-0.05, 0) is 65.1 Å². The molecule has 0 saturated heterocycles. The zero-order valence-electron chi connectivity index (χ0n) is 20.8. The zero-order valence-corrected chi connectivity index (χ0v) is 20.8. The molecular weight excluding hydrogens is 382 g/mol. The molecule has 1 atom stereocenters. The van der Waals surface area contributed by atoms with Crippen LogP contribution in [0, 0.1) is 0 Å². The Morgan fingerprint density at radius 2 is 1.97 bits per heavy atom. The first-order chi connectivity index (χ1) is 15.0. The molecule has 1 N–H and O–H groups in total. The van der Waals surface area contributed by atoms with Crippen molar-refractivity contribution in [1.29, 1.82) is 0 Å². The molecule has 0 aliphatic heterocycles. The van der Waals surface area contributed by atoms with Gasteiger partial charge >= 0.3 is 0 Å². The average Bonchev–Trinajstić information content (AvgIpc) is 3.22. The number of rotatable bonds is 16. The Labute approximate surface area is 191 Å². The van der Waals surface area contributed by atoms with E-state index in [9.17, 15) is 0 Å². The van der Waals surface area contributed by atoms with Crippen LogP contribution in [0.1, 0.15) is 78.5 Å². The van der Waals surface area contributed by atoms with Crippen molar-refractivity contribution in [2.24, 2.45) is 0 Å². The molecule has 5 heteroatoms. The molecule has 0 aliphatic carbocycles. The lowest BCUT2D eigenvalue weighted by Crippen LogP contribution is -2.29. The van der Waals surface area contributed by atoms with Gasteiger partial charge in [-0.25, -0.2) is 0 Å². The minimum Gasteiger partial charge on any atom is -0.309 e. The first kappa shape index (κ1) is 27.1. The molecular formula is C26H45N5. The Balaban J connectivity index is 3.01. The molecule has 0 fully saturated rings. The topological polar surface area (TPSA) is 46.0 Å². The van der Waals surface area contributed by atoms with Crippen molar-refractivity contribution in [3.63, 3.8) is 0 Å². The largest absolute Gasteiger partial charge is 0.309 e. The van der Waals surface area contributed by atoms with E-state index in [-0.39, 0.29) is 0 Å². The number of nitrogens with zero attached hydrogens (tertiary/aromatic N) is 4. The minimum atomic E-state index is 0.367. The van der Waals surface area contributed by atoms with E-state index in [4.69, 9.17) is 0 Å². The van der Waals surface area contributed by atoms with Crippen LogP contribution in [0.4, 0.5) is 0 Å².